The lowest BCUT2D eigenvalue weighted by atomic mass is 9.69. The maximum atomic E-state index is 10.7. The van der Waals surface area contributed by atoms with Gasteiger partial charge in [-0.3, -0.25) is 10.1 Å². The Hall–Kier alpha value is -1.38. The largest absolute Gasteiger partial charge is 0.269 e. The zero-order valence-electron chi connectivity index (χ0n) is 12.9. The van der Waals surface area contributed by atoms with Crippen LogP contribution in [0.5, 0.6) is 0 Å². The third-order valence-corrected chi connectivity index (χ3v) is 3.37. The number of non-ortho nitro benzene ring substituents is 1. The fourth-order valence-corrected chi connectivity index (χ4v) is 2.36. The number of nitro benzene ring substituents is 1. The molecule has 1 rings (SSSR count). The van der Waals surface area contributed by atoms with Crippen LogP contribution in [0.1, 0.15) is 59.4 Å². The molecule has 0 radical (unpaired) electrons. The van der Waals surface area contributed by atoms with Crippen LogP contribution in [0.2, 0.25) is 0 Å². The molecule has 0 bridgehead atoms. The van der Waals surface area contributed by atoms with Gasteiger partial charge in [0.15, 0.2) is 0 Å². The minimum absolute atomic E-state index is 0.142. The van der Waals surface area contributed by atoms with E-state index in [-0.39, 0.29) is 21.4 Å². The molecule has 106 valence electrons. The lowest BCUT2D eigenvalue weighted by molar-refractivity contribution is -0.384. The summed E-state index contributed by atoms with van der Waals surface area (Å²) < 4.78 is 0. The summed E-state index contributed by atoms with van der Waals surface area (Å²) in [6.45, 7) is 13.4. The van der Waals surface area contributed by atoms with Gasteiger partial charge in [-0.25, -0.2) is 0 Å². The van der Waals surface area contributed by atoms with Crippen molar-refractivity contribution in [2.24, 2.45) is 10.8 Å². The molecule has 0 spiro atoms. The molecule has 0 N–H and O–H groups in total. The van der Waals surface area contributed by atoms with Crippen LogP contribution in [-0.4, -0.2) is 4.92 Å². The van der Waals surface area contributed by atoms with E-state index < -0.39 is 0 Å². The van der Waals surface area contributed by atoms with E-state index >= 15 is 0 Å². The molecular formula is C16H25NO2. The van der Waals surface area contributed by atoms with Crippen molar-refractivity contribution in [1.29, 1.82) is 0 Å². The molecule has 0 aliphatic rings. The molecule has 0 saturated heterocycles. The first-order valence-electron chi connectivity index (χ1n) is 6.75. The first-order valence-corrected chi connectivity index (χ1v) is 6.75. The Morgan fingerprint density at radius 1 is 1.05 bits per heavy atom. The van der Waals surface area contributed by atoms with Gasteiger partial charge in [0.2, 0.25) is 0 Å². The predicted molar refractivity (Wildman–Crippen MR) is 79.4 cm³/mol. The van der Waals surface area contributed by atoms with Crippen LogP contribution in [-0.2, 0) is 0 Å². The molecule has 19 heavy (non-hydrogen) atoms. The van der Waals surface area contributed by atoms with Crippen molar-refractivity contribution in [1.82, 2.24) is 0 Å². The molecule has 1 aromatic rings. The van der Waals surface area contributed by atoms with Gasteiger partial charge in [-0.15, -0.1) is 0 Å². The molecule has 1 unspecified atom stereocenters. The highest BCUT2D eigenvalue weighted by atomic mass is 16.6. The molecule has 1 aromatic carbocycles. The zero-order chi connectivity index (χ0) is 14.8. The van der Waals surface area contributed by atoms with Crippen LogP contribution in [0.15, 0.2) is 24.3 Å². The zero-order valence-corrected chi connectivity index (χ0v) is 12.9. The van der Waals surface area contributed by atoms with Crippen LogP contribution < -0.4 is 0 Å². The van der Waals surface area contributed by atoms with Gasteiger partial charge in [0.1, 0.15) is 0 Å². The quantitative estimate of drug-likeness (QED) is 0.558. The maximum Gasteiger partial charge on any atom is 0.269 e. The second kappa shape index (κ2) is 5.32. The number of hydrogen-bond acceptors (Lipinski definition) is 2. The minimum Gasteiger partial charge on any atom is -0.258 e. The van der Waals surface area contributed by atoms with Gasteiger partial charge < -0.3 is 0 Å². The molecule has 0 aliphatic carbocycles. The first-order chi connectivity index (χ1) is 8.50. The Bertz CT molecular complexity index is 435. The molecule has 3 nitrogen and oxygen atoms in total. The second-order valence-electron chi connectivity index (χ2n) is 7.53. The van der Waals surface area contributed by atoms with Crippen molar-refractivity contribution < 1.29 is 4.92 Å². The standard InChI is InChI=1S/C16H25NO2/c1-15(2,3)11-14(16(4,5)6)12-7-9-13(10-8-12)17(18)19/h7-10,14H,11H2,1-6H3. The summed E-state index contributed by atoms with van der Waals surface area (Å²) in [5, 5.41) is 10.7. The lowest BCUT2D eigenvalue weighted by Gasteiger charge is -2.36. The molecule has 3 heteroatoms. The van der Waals surface area contributed by atoms with Crippen LogP contribution in [0, 0.1) is 20.9 Å². The fourth-order valence-electron chi connectivity index (χ4n) is 2.36. The Balaban J connectivity index is 3.08. The van der Waals surface area contributed by atoms with Gasteiger partial charge in [0.25, 0.3) is 5.69 Å². The van der Waals surface area contributed by atoms with E-state index in [1.165, 1.54) is 5.56 Å². The molecule has 0 heterocycles. The molecule has 0 saturated carbocycles. The van der Waals surface area contributed by atoms with E-state index in [4.69, 9.17) is 0 Å². The van der Waals surface area contributed by atoms with E-state index in [0.29, 0.717) is 5.92 Å². The highest BCUT2D eigenvalue weighted by Gasteiger charge is 2.30. The van der Waals surface area contributed by atoms with Crippen molar-refractivity contribution in [3.8, 4) is 0 Å². The molecule has 0 fully saturated rings. The van der Waals surface area contributed by atoms with Gasteiger partial charge in [-0.2, -0.15) is 0 Å². The summed E-state index contributed by atoms with van der Waals surface area (Å²) in [5.74, 6) is 0.397. The third-order valence-electron chi connectivity index (χ3n) is 3.37. The molecule has 1 atom stereocenters. The normalized spacial score (nSPS) is 14.2. The predicted octanol–water partition coefficient (Wildman–Crippen LogP) is 5.16. The van der Waals surface area contributed by atoms with Gasteiger partial charge in [0, 0.05) is 12.1 Å². The van der Waals surface area contributed by atoms with E-state index in [9.17, 15) is 10.1 Å². The Morgan fingerprint density at radius 2 is 1.53 bits per heavy atom. The summed E-state index contributed by atoms with van der Waals surface area (Å²) in [7, 11) is 0. The number of nitro groups is 1. The average molecular weight is 263 g/mol. The van der Waals surface area contributed by atoms with E-state index in [1.807, 2.05) is 12.1 Å². The summed E-state index contributed by atoms with van der Waals surface area (Å²) >= 11 is 0. The molecule has 0 aliphatic heterocycles. The highest BCUT2D eigenvalue weighted by molar-refractivity contribution is 5.35. The van der Waals surface area contributed by atoms with Gasteiger partial charge >= 0.3 is 0 Å². The Labute approximate surface area is 116 Å². The highest BCUT2D eigenvalue weighted by Crippen LogP contribution is 2.43. The van der Waals surface area contributed by atoms with Crippen molar-refractivity contribution in [2.45, 2.75) is 53.9 Å². The first kappa shape index (κ1) is 15.7. The van der Waals surface area contributed by atoms with E-state index in [1.54, 1.807) is 12.1 Å². The van der Waals surface area contributed by atoms with Crippen molar-refractivity contribution in [2.75, 3.05) is 0 Å². The summed E-state index contributed by atoms with van der Waals surface area (Å²) in [6, 6.07) is 7.02. The van der Waals surface area contributed by atoms with Crippen molar-refractivity contribution in [3.05, 3.63) is 39.9 Å². The number of benzene rings is 1. The van der Waals surface area contributed by atoms with Gasteiger partial charge in [-0.1, -0.05) is 53.7 Å². The maximum absolute atomic E-state index is 10.7. The Morgan fingerprint density at radius 3 is 1.84 bits per heavy atom. The fraction of sp³-hybridized carbons (Fsp3) is 0.625. The van der Waals surface area contributed by atoms with E-state index in [2.05, 4.69) is 41.5 Å². The summed E-state index contributed by atoms with van der Waals surface area (Å²) in [6.07, 6.45) is 1.06. The molecule has 0 aromatic heterocycles. The van der Waals surface area contributed by atoms with Crippen molar-refractivity contribution in [3.63, 3.8) is 0 Å². The van der Waals surface area contributed by atoms with Gasteiger partial charge in [-0.05, 0) is 28.7 Å². The lowest BCUT2D eigenvalue weighted by Crippen LogP contribution is -2.23. The van der Waals surface area contributed by atoms with Crippen LogP contribution in [0.25, 0.3) is 0 Å². The average Bonchev–Trinajstić information content (AvgIpc) is 2.23. The van der Waals surface area contributed by atoms with Gasteiger partial charge in [0.05, 0.1) is 4.92 Å². The summed E-state index contributed by atoms with van der Waals surface area (Å²) in [5.41, 5.74) is 1.73. The van der Waals surface area contributed by atoms with Crippen LogP contribution in [0.4, 0.5) is 5.69 Å². The second-order valence-corrected chi connectivity index (χ2v) is 7.53. The number of nitrogens with zero attached hydrogens (tertiary/aromatic N) is 1. The molecule has 0 amide bonds. The summed E-state index contributed by atoms with van der Waals surface area (Å²) in [4.78, 5) is 10.4. The number of rotatable bonds is 3. The van der Waals surface area contributed by atoms with Crippen molar-refractivity contribution >= 4 is 5.69 Å². The number of hydrogen-bond donors (Lipinski definition) is 0. The smallest absolute Gasteiger partial charge is 0.258 e. The topological polar surface area (TPSA) is 43.1 Å². The van der Waals surface area contributed by atoms with Crippen LogP contribution in [0.3, 0.4) is 0 Å². The Kier molecular flexibility index (Phi) is 4.39. The SMILES string of the molecule is CC(C)(C)CC(c1ccc([N+](=O)[O-])cc1)C(C)(C)C. The van der Waals surface area contributed by atoms with E-state index in [0.717, 1.165) is 6.42 Å². The minimum atomic E-state index is -0.348. The third kappa shape index (κ3) is 4.66. The van der Waals surface area contributed by atoms with Crippen LogP contribution >= 0.6 is 0 Å². The molecular weight excluding hydrogens is 238 g/mol. The monoisotopic (exact) mass is 263 g/mol.